The third-order valence-corrected chi connectivity index (χ3v) is 5.43. The van der Waals surface area contributed by atoms with Crippen LogP contribution in [0.1, 0.15) is 0 Å². The fraction of sp³-hybridized carbons (Fsp3) is 0.200. The normalized spacial score (nSPS) is 13.8. The molecule has 132 valence electrons. The summed E-state index contributed by atoms with van der Waals surface area (Å²) in [7, 11) is -2.08. The van der Waals surface area contributed by atoms with Crippen LogP contribution in [-0.4, -0.2) is 33.5 Å². The molecule has 1 aliphatic heterocycles. The van der Waals surface area contributed by atoms with E-state index in [4.69, 9.17) is 16.3 Å². The molecule has 10 heteroatoms. The van der Waals surface area contributed by atoms with Crippen LogP contribution in [0.3, 0.4) is 0 Å². The number of nitro benzene ring substituents is 1. The van der Waals surface area contributed by atoms with Gasteiger partial charge < -0.3 is 9.64 Å². The highest BCUT2D eigenvalue weighted by Crippen LogP contribution is 2.34. The Labute approximate surface area is 149 Å². The summed E-state index contributed by atoms with van der Waals surface area (Å²) in [5.41, 5.74) is 0.343. The number of nitrogens with one attached hydrogen (secondary N) is 1. The van der Waals surface area contributed by atoms with Crippen molar-refractivity contribution in [2.75, 3.05) is 29.8 Å². The van der Waals surface area contributed by atoms with Crippen molar-refractivity contribution in [1.82, 2.24) is 0 Å². The Kier molecular flexibility index (Phi) is 4.44. The van der Waals surface area contributed by atoms with E-state index in [0.717, 1.165) is 6.07 Å². The van der Waals surface area contributed by atoms with Crippen LogP contribution < -0.4 is 14.4 Å². The quantitative estimate of drug-likeness (QED) is 0.643. The summed E-state index contributed by atoms with van der Waals surface area (Å²) in [6, 6.07) is 8.22. The molecule has 0 fully saturated rings. The molecule has 0 radical (unpaired) electrons. The van der Waals surface area contributed by atoms with Crippen LogP contribution in [0, 0.1) is 10.1 Å². The monoisotopic (exact) mass is 383 g/mol. The highest BCUT2D eigenvalue weighted by Gasteiger charge is 2.22. The number of hydrogen-bond donors (Lipinski definition) is 1. The topological polar surface area (TPSA) is 102 Å². The number of likely N-dealkylation sites (N-methyl/N-ethyl adjacent to an activating group) is 1. The summed E-state index contributed by atoms with van der Waals surface area (Å²) in [6.45, 7) is 1.18. The molecule has 1 heterocycles. The fourth-order valence-corrected chi connectivity index (χ4v) is 3.68. The highest BCUT2D eigenvalue weighted by molar-refractivity contribution is 7.92. The lowest BCUT2D eigenvalue weighted by molar-refractivity contribution is -0.384. The molecule has 0 atom stereocenters. The highest BCUT2D eigenvalue weighted by atomic mass is 35.5. The molecule has 1 aliphatic rings. The maximum Gasteiger partial charge on any atom is 0.289 e. The van der Waals surface area contributed by atoms with Crippen molar-refractivity contribution in [3.8, 4) is 5.75 Å². The first-order valence-electron chi connectivity index (χ1n) is 7.23. The molecule has 0 unspecified atom stereocenters. The Bertz CT molecular complexity index is 948. The van der Waals surface area contributed by atoms with Crippen molar-refractivity contribution in [2.45, 2.75) is 4.90 Å². The van der Waals surface area contributed by atoms with Gasteiger partial charge in [-0.25, -0.2) is 8.42 Å². The third kappa shape index (κ3) is 3.47. The predicted molar refractivity (Wildman–Crippen MR) is 94.1 cm³/mol. The van der Waals surface area contributed by atoms with Crippen LogP contribution in [-0.2, 0) is 10.0 Å². The Morgan fingerprint density at radius 2 is 2.04 bits per heavy atom. The first-order chi connectivity index (χ1) is 11.8. The van der Waals surface area contributed by atoms with Gasteiger partial charge in [0.15, 0.2) is 0 Å². The first-order valence-corrected chi connectivity index (χ1v) is 9.09. The Morgan fingerprint density at radius 1 is 1.28 bits per heavy atom. The molecule has 25 heavy (non-hydrogen) atoms. The van der Waals surface area contributed by atoms with Crippen LogP contribution in [0.5, 0.6) is 5.75 Å². The zero-order valence-electron chi connectivity index (χ0n) is 13.1. The van der Waals surface area contributed by atoms with Crippen LogP contribution in [0.15, 0.2) is 41.3 Å². The second-order valence-corrected chi connectivity index (χ2v) is 7.52. The maximum atomic E-state index is 12.6. The minimum Gasteiger partial charge on any atom is -0.490 e. The van der Waals surface area contributed by atoms with E-state index in [1.807, 2.05) is 11.9 Å². The average molecular weight is 384 g/mol. The van der Waals surface area contributed by atoms with Gasteiger partial charge >= 0.3 is 0 Å². The zero-order chi connectivity index (χ0) is 18.2. The van der Waals surface area contributed by atoms with Gasteiger partial charge in [0, 0.05) is 13.1 Å². The van der Waals surface area contributed by atoms with E-state index in [1.165, 1.54) is 24.3 Å². The maximum absolute atomic E-state index is 12.6. The van der Waals surface area contributed by atoms with E-state index < -0.39 is 14.9 Å². The zero-order valence-corrected chi connectivity index (χ0v) is 14.7. The number of anilines is 2. The van der Waals surface area contributed by atoms with E-state index in [1.54, 1.807) is 6.07 Å². The van der Waals surface area contributed by atoms with E-state index >= 15 is 0 Å². The van der Waals surface area contributed by atoms with E-state index in [0.29, 0.717) is 24.6 Å². The standard InChI is InChI=1S/C15H14ClN3O5S/c1-18-6-7-24-15-5-3-11(9-14(15)18)25(22,23)17-10-2-4-12(16)13(8-10)19(20)21/h2-5,8-9,17H,6-7H2,1H3. The second kappa shape index (κ2) is 6.41. The van der Waals surface area contributed by atoms with E-state index in [9.17, 15) is 18.5 Å². The number of nitrogens with zero attached hydrogens (tertiary/aromatic N) is 2. The minimum absolute atomic E-state index is 0.0289. The smallest absolute Gasteiger partial charge is 0.289 e. The largest absolute Gasteiger partial charge is 0.490 e. The average Bonchev–Trinajstić information content (AvgIpc) is 2.56. The number of nitro groups is 1. The van der Waals surface area contributed by atoms with Crippen LogP contribution >= 0.6 is 11.6 Å². The number of ether oxygens (including phenoxy) is 1. The van der Waals surface area contributed by atoms with Crippen molar-refractivity contribution >= 4 is 38.7 Å². The van der Waals surface area contributed by atoms with Gasteiger partial charge in [0.25, 0.3) is 15.7 Å². The minimum atomic E-state index is -3.92. The van der Waals surface area contributed by atoms with Crippen molar-refractivity contribution in [3.63, 3.8) is 0 Å². The lowest BCUT2D eigenvalue weighted by Crippen LogP contribution is -2.29. The Morgan fingerprint density at radius 3 is 2.76 bits per heavy atom. The van der Waals surface area contributed by atoms with Gasteiger partial charge in [-0.15, -0.1) is 0 Å². The van der Waals surface area contributed by atoms with E-state index in [-0.39, 0.29) is 21.3 Å². The lowest BCUT2D eigenvalue weighted by atomic mass is 10.2. The van der Waals surface area contributed by atoms with Crippen molar-refractivity contribution in [3.05, 3.63) is 51.5 Å². The molecule has 2 aromatic carbocycles. The van der Waals surface area contributed by atoms with Gasteiger partial charge in [-0.3, -0.25) is 14.8 Å². The summed E-state index contributed by atoms with van der Waals surface area (Å²) >= 11 is 5.74. The van der Waals surface area contributed by atoms with Crippen LogP contribution in [0.4, 0.5) is 17.1 Å². The van der Waals surface area contributed by atoms with Gasteiger partial charge in [-0.1, -0.05) is 11.6 Å². The molecule has 8 nitrogen and oxygen atoms in total. The van der Waals surface area contributed by atoms with Crippen molar-refractivity contribution in [1.29, 1.82) is 0 Å². The van der Waals surface area contributed by atoms with Gasteiger partial charge in [0.2, 0.25) is 0 Å². The predicted octanol–water partition coefficient (Wildman–Crippen LogP) is 2.88. The Balaban J connectivity index is 1.94. The van der Waals surface area contributed by atoms with E-state index in [2.05, 4.69) is 4.72 Å². The van der Waals surface area contributed by atoms with Gasteiger partial charge in [-0.2, -0.15) is 0 Å². The molecule has 1 N–H and O–H groups in total. The number of benzene rings is 2. The number of sulfonamides is 1. The number of halogens is 1. The molecule has 0 aliphatic carbocycles. The van der Waals surface area contributed by atoms with Gasteiger partial charge in [0.05, 0.1) is 27.7 Å². The summed E-state index contributed by atoms with van der Waals surface area (Å²) in [5.74, 6) is 0.606. The fourth-order valence-electron chi connectivity index (χ4n) is 2.43. The molecule has 0 bridgehead atoms. The summed E-state index contributed by atoms with van der Waals surface area (Å²) in [6.07, 6.45) is 0. The Hall–Kier alpha value is -2.52. The number of fused-ring (bicyclic) bond motifs is 1. The molecular formula is C15H14ClN3O5S. The van der Waals surface area contributed by atoms with Crippen LogP contribution in [0.2, 0.25) is 5.02 Å². The SMILES string of the molecule is CN1CCOc2ccc(S(=O)(=O)Nc3ccc(Cl)c([N+](=O)[O-])c3)cc21. The lowest BCUT2D eigenvalue weighted by Gasteiger charge is -2.28. The van der Waals surface area contributed by atoms with Crippen molar-refractivity contribution < 1.29 is 18.1 Å². The molecule has 0 amide bonds. The molecule has 0 saturated heterocycles. The molecule has 2 aromatic rings. The molecular weight excluding hydrogens is 370 g/mol. The number of rotatable bonds is 4. The van der Waals surface area contributed by atoms with Crippen LogP contribution in [0.25, 0.3) is 0 Å². The third-order valence-electron chi connectivity index (χ3n) is 3.73. The van der Waals surface area contributed by atoms with Crippen molar-refractivity contribution in [2.24, 2.45) is 0 Å². The summed E-state index contributed by atoms with van der Waals surface area (Å²) in [4.78, 5) is 12.2. The van der Waals surface area contributed by atoms with Gasteiger partial charge in [0.1, 0.15) is 17.4 Å². The summed E-state index contributed by atoms with van der Waals surface area (Å²) in [5, 5.41) is 10.9. The molecule has 3 rings (SSSR count). The molecule has 0 saturated carbocycles. The molecule has 0 spiro atoms. The van der Waals surface area contributed by atoms with Gasteiger partial charge in [-0.05, 0) is 30.3 Å². The second-order valence-electron chi connectivity index (χ2n) is 5.43. The summed E-state index contributed by atoms with van der Waals surface area (Å²) < 4.78 is 33.0. The molecule has 0 aromatic heterocycles. The first kappa shape index (κ1) is 17.3. The number of hydrogen-bond acceptors (Lipinski definition) is 6.